The summed E-state index contributed by atoms with van der Waals surface area (Å²) in [7, 11) is 0. The number of amides is 1. The zero-order chi connectivity index (χ0) is 11.1. The van der Waals surface area contributed by atoms with Crippen LogP contribution in [0.4, 0.5) is 0 Å². The molecule has 1 amide bonds. The third kappa shape index (κ3) is 4.48. The van der Waals surface area contributed by atoms with E-state index in [0.29, 0.717) is 25.3 Å². The molecule has 1 aromatic rings. The van der Waals surface area contributed by atoms with Gasteiger partial charge in [0.05, 0.1) is 18.8 Å². The van der Waals surface area contributed by atoms with E-state index in [1.807, 2.05) is 0 Å². The fourth-order valence-electron chi connectivity index (χ4n) is 1.06. The van der Waals surface area contributed by atoms with Gasteiger partial charge in [0.2, 0.25) is 0 Å². The molecule has 1 N–H and O–H groups in total. The van der Waals surface area contributed by atoms with Crippen molar-refractivity contribution in [3.8, 4) is 0 Å². The average Bonchev–Trinajstić information content (AvgIpc) is 2.64. The Balaban J connectivity index is 2.19. The molecule has 0 aliphatic rings. The smallest absolute Gasteiger partial charge is 0.254 e. The lowest BCUT2D eigenvalue weighted by atomic mass is 10.3. The summed E-state index contributed by atoms with van der Waals surface area (Å²) in [5, 5.41) is 3.54. The highest BCUT2D eigenvalue weighted by atomic mass is 79.9. The highest BCUT2D eigenvalue weighted by Gasteiger charge is 2.06. The number of furan rings is 1. The van der Waals surface area contributed by atoms with E-state index in [2.05, 4.69) is 21.2 Å². The quantitative estimate of drug-likeness (QED) is 0.636. The standard InChI is InChI=1S/C10H14BrNO3/c1-8-6-9(7-15-8)10(13)12-3-5-14-4-2-11/h6-7H,2-5H2,1H3,(H,12,13). The second kappa shape index (κ2) is 6.63. The number of ether oxygens (including phenoxy) is 1. The highest BCUT2D eigenvalue weighted by molar-refractivity contribution is 9.09. The molecule has 0 fully saturated rings. The normalized spacial score (nSPS) is 10.3. The molecule has 0 aromatic carbocycles. The van der Waals surface area contributed by atoms with Crippen molar-refractivity contribution in [3.63, 3.8) is 0 Å². The van der Waals surface area contributed by atoms with E-state index < -0.39 is 0 Å². The Morgan fingerprint density at radius 2 is 2.40 bits per heavy atom. The fraction of sp³-hybridized carbons (Fsp3) is 0.500. The Morgan fingerprint density at radius 1 is 1.60 bits per heavy atom. The minimum absolute atomic E-state index is 0.130. The lowest BCUT2D eigenvalue weighted by Crippen LogP contribution is -2.27. The number of aryl methyl sites for hydroxylation is 1. The maximum atomic E-state index is 11.5. The molecule has 4 nitrogen and oxygen atoms in total. The van der Waals surface area contributed by atoms with Crippen LogP contribution < -0.4 is 5.32 Å². The van der Waals surface area contributed by atoms with Crippen LogP contribution in [0.3, 0.4) is 0 Å². The summed E-state index contributed by atoms with van der Waals surface area (Å²) in [6.45, 7) is 3.49. The van der Waals surface area contributed by atoms with E-state index in [9.17, 15) is 4.79 Å². The molecule has 5 heteroatoms. The minimum atomic E-state index is -0.130. The molecule has 84 valence electrons. The summed E-state index contributed by atoms with van der Waals surface area (Å²) >= 11 is 3.25. The summed E-state index contributed by atoms with van der Waals surface area (Å²) in [6.07, 6.45) is 1.45. The van der Waals surface area contributed by atoms with Gasteiger partial charge in [-0.25, -0.2) is 0 Å². The van der Waals surface area contributed by atoms with Crippen molar-refractivity contribution in [2.45, 2.75) is 6.92 Å². The van der Waals surface area contributed by atoms with Gasteiger partial charge in [-0.05, 0) is 13.0 Å². The molecular weight excluding hydrogens is 262 g/mol. The van der Waals surface area contributed by atoms with Gasteiger partial charge in [-0.3, -0.25) is 4.79 Å². The van der Waals surface area contributed by atoms with Crippen molar-refractivity contribution in [3.05, 3.63) is 23.7 Å². The van der Waals surface area contributed by atoms with Crippen LogP contribution in [0, 0.1) is 6.92 Å². The first-order valence-corrected chi connectivity index (χ1v) is 5.83. The first kappa shape index (κ1) is 12.3. The number of halogens is 1. The molecule has 0 atom stereocenters. The van der Waals surface area contributed by atoms with Gasteiger partial charge in [-0.1, -0.05) is 15.9 Å². The summed E-state index contributed by atoms with van der Waals surface area (Å²) in [5.74, 6) is 0.602. The number of alkyl halides is 1. The van der Waals surface area contributed by atoms with Gasteiger partial charge < -0.3 is 14.5 Å². The summed E-state index contributed by atoms with van der Waals surface area (Å²) in [6, 6.07) is 1.70. The first-order chi connectivity index (χ1) is 7.24. The number of hydrogen-bond donors (Lipinski definition) is 1. The van der Waals surface area contributed by atoms with E-state index >= 15 is 0 Å². The van der Waals surface area contributed by atoms with E-state index in [1.54, 1.807) is 13.0 Å². The number of carbonyl (C=O) groups excluding carboxylic acids is 1. The van der Waals surface area contributed by atoms with Crippen molar-refractivity contribution in [1.29, 1.82) is 0 Å². The average molecular weight is 276 g/mol. The van der Waals surface area contributed by atoms with Crippen molar-refractivity contribution >= 4 is 21.8 Å². The number of carbonyl (C=O) groups is 1. The van der Waals surface area contributed by atoms with Crippen LogP contribution in [0.1, 0.15) is 16.1 Å². The molecule has 1 aromatic heterocycles. The third-order valence-corrected chi connectivity index (χ3v) is 2.07. The Kier molecular flexibility index (Phi) is 5.42. The Morgan fingerprint density at radius 3 is 3.00 bits per heavy atom. The van der Waals surface area contributed by atoms with Gasteiger partial charge in [-0.2, -0.15) is 0 Å². The second-order valence-electron chi connectivity index (χ2n) is 3.00. The molecule has 0 radical (unpaired) electrons. The molecule has 0 spiro atoms. The second-order valence-corrected chi connectivity index (χ2v) is 3.80. The van der Waals surface area contributed by atoms with Crippen LogP contribution in [-0.4, -0.2) is 31.0 Å². The van der Waals surface area contributed by atoms with Crippen molar-refractivity contribution < 1.29 is 13.9 Å². The summed E-state index contributed by atoms with van der Waals surface area (Å²) < 4.78 is 10.2. The van der Waals surface area contributed by atoms with E-state index in [0.717, 1.165) is 11.1 Å². The maximum Gasteiger partial charge on any atom is 0.254 e. The maximum absolute atomic E-state index is 11.5. The highest BCUT2D eigenvalue weighted by Crippen LogP contribution is 2.05. The molecule has 1 heterocycles. The van der Waals surface area contributed by atoms with Crippen LogP contribution in [0.25, 0.3) is 0 Å². The topological polar surface area (TPSA) is 51.5 Å². The lowest BCUT2D eigenvalue weighted by Gasteiger charge is -2.03. The van der Waals surface area contributed by atoms with Crippen LogP contribution >= 0.6 is 15.9 Å². The zero-order valence-electron chi connectivity index (χ0n) is 8.59. The van der Waals surface area contributed by atoms with Gasteiger partial charge >= 0.3 is 0 Å². The number of hydrogen-bond acceptors (Lipinski definition) is 3. The van der Waals surface area contributed by atoms with Crippen LogP contribution in [0.2, 0.25) is 0 Å². The van der Waals surface area contributed by atoms with Crippen molar-refractivity contribution in [1.82, 2.24) is 5.32 Å². The third-order valence-electron chi connectivity index (χ3n) is 1.75. The minimum Gasteiger partial charge on any atom is -0.469 e. The van der Waals surface area contributed by atoms with E-state index in [-0.39, 0.29) is 5.91 Å². The van der Waals surface area contributed by atoms with Gasteiger partial charge in [0.15, 0.2) is 0 Å². The van der Waals surface area contributed by atoms with Gasteiger partial charge in [0.25, 0.3) is 5.91 Å². The van der Waals surface area contributed by atoms with Crippen LogP contribution in [0.15, 0.2) is 16.7 Å². The largest absolute Gasteiger partial charge is 0.469 e. The zero-order valence-corrected chi connectivity index (χ0v) is 10.2. The molecule has 0 saturated heterocycles. The van der Waals surface area contributed by atoms with E-state index in [4.69, 9.17) is 9.15 Å². The van der Waals surface area contributed by atoms with Gasteiger partial charge in [0.1, 0.15) is 12.0 Å². The Hall–Kier alpha value is -0.810. The molecule has 15 heavy (non-hydrogen) atoms. The van der Waals surface area contributed by atoms with E-state index in [1.165, 1.54) is 6.26 Å². The van der Waals surface area contributed by atoms with Crippen LogP contribution in [0.5, 0.6) is 0 Å². The Labute approximate surface area is 97.1 Å². The van der Waals surface area contributed by atoms with Crippen molar-refractivity contribution in [2.24, 2.45) is 0 Å². The molecule has 0 bridgehead atoms. The lowest BCUT2D eigenvalue weighted by molar-refractivity contribution is 0.0923. The van der Waals surface area contributed by atoms with Crippen LogP contribution in [-0.2, 0) is 4.74 Å². The monoisotopic (exact) mass is 275 g/mol. The Bertz CT molecular complexity index is 311. The van der Waals surface area contributed by atoms with Gasteiger partial charge in [0, 0.05) is 11.9 Å². The summed E-state index contributed by atoms with van der Waals surface area (Å²) in [5.41, 5.74) is 0.549. The number of rotatable bonds is 6. The molecule has 0 aliphatic carbocycles. The molecule has 0 aliphatic heterocycles. The van der Waals surface area contributed by atoms with Gasteiger partial charge in [-0.15, -0.1) is 0 Å². The fourth-order valence-corrected chi connectivity index (χ4v) is 1.29. The number of nitrogens with one attached hydrogen (secondary N) is 1. The molecule has 1 rings (SSSR count). The molecular formula is C10H14BrNO3. The first-order valence-electron chi connectivity index (χ1n) is 4.71. The SMILES string of the molecule is Cc1cc(C(=O)NCCOCCBr)co1. The predicted octanol–water partition coefficient (Wildman–Crippen LogP) is 1.73. The predicted molar refractivity (Wildman–Crippen MR) is 60.4 cm³/mol. The molecule has 0 saturated carbocycles. The molecule has 0 unspecified atom stereocenters. The summed E-state index contributed by atoms with van der Waals surface area (Å²) in [4.78, 5) is 11.5. The van der Waals surface area contributed by atoms with Crippen molar-refractivity contribution in [2.75, 3.05) is 25.1 Å².